The minimum absolute atomic E-state index is 0.388. The average Bonchev–Trinajstić information content (AvgIpc) is 2.59. The molecule has 0 radical (unpaired) electrons. The van der Waals surface area contributed by atoms with E-state index in [-0.39, 0.29) is 0 Å². The van der Waals surface area contributed by atoms with Crippen molar-refractivity contribution in [2.24, 2.45) is 5.73 Å². The summed E-state index contributed by atoms with van der Waals surface area (Å²) in [7, 11) is 0. The smallest absolute Gasteiger partial charge is 0.329 e. The number of ether oxygens (including phenoxy) is 1. The fourth-order valence-corrected chi connectivity index (χ4v) is 3.16. The minimum atomic E-state index is -1.35. The summed E-state index contributed by atoms with van der Waals surface area (Å²) < 4.78 is 5.45. The first-order chi connectivity index (χ1) is 12.2. The molecule has 1 aromatic carbocycles. The Morgan fingerprint density at radius 1 is 1.27 bits per heavy atom. The molecule has 1 fully saturated rings. The number of likely N-dealkylation sites (tertiary alicyclic amines) is 1. The molecule has 1 amide bonds. The average molecular weight is 362 g/mol. The number of hydrogen-bond acceptors (Lipinski definition) is 5. The second-order valence-corrected chi connectivity index (χ2v) is 7.88. The summed E-state index contributed by atoms with van der Waals surface area (Å²) in [5, 5.41) is 10.5. The Kier molecular flexibility index (Phi) is 6.78. The number of amides is 1. The molecule has 0 aromatic heterocycles. The maximum atomic E-state index is 12.8. The number of carbonyl (C=O) groups is 2. The number of carbonyl (C=O) groups excluding carboxylic acids is 2. The van der Waals surface area contributed by atoms with Gasteiger partial charge < -0.3 is 20.5 Å². The molecule has 1 aliphatic rings. The number of piperidine rings is 1. The van der Waals surface area contributed by atoms with Crippen molar-refractivity contribution >= 4 is 11.9 Å². The first kappa shape index (κ1) is 20.4. The molecule has 1 saturated heterocycles. The number of hydrogen-bond donors (Lipinski definition) is 2. The van der Waals surface area contributed by atoms with E-state index in [9.17, 15) is 14.7 Å². The molecule has 3 N–H and O–H groups in total. The topological polar surface area (TPSA) is 92.9 Å². The lowest BCUT2D eigenvalue weighted by Gasteiger charge is -2.37. The van der Waals surface area contributed by atoms with Gasteiger partial charge in [0.1, 0.15) is 17.7 Å². The van der Waals surface area contributed by atoms with E-state index in [0.29, 0.717) is 19.4 Å². The monoisotopic (exact) mass is 362 g/mol. The van der Waals surface area contributed by atoms with E-state index in [1.807, 2.05) is 30.3 Å². The number of aliphatic hydroxyl groups excluding tert-OH is 1. The van der Waals surface area contributed by atoms with Gasteiger partial charge in [0.25, 0.3) is 5.91 Å². The quantitative estimate of drug-likeness (QED) is 0.777. The molecule has 2 rings (SSSR count). The van der Waals surface area contributed by atoms with Crippen molar-refractivity contribution in [2.75, 3.05) is 6.54 Å². The lowest BCUT2D eigenvalue weighted by Crippen LogP contribution is -2.56. The third-order valence-corrected chi connectivity index (χ3v) is 4.44. The first-order valence-corrected chi connectivity index (χ1v) is 9.20. The van der Waals surface area contributed by atoms with Gasteiger partial charge >= 0.3 is 5.97 Å². The van der Waals surface area contributed by atoms with E-state index in [4.69, 9.17) is 10.5 Å². The van der Waals surface area contributed by atoms with Crippen molar-refractivity contribution in [3.05, 3.63) is 35.9 Å². The van der Waals surface area contributed by atoms with E-state index < -0.39 is 35.7 Å². The Balaban J connectivity index is 2.05. The van der Waals surface area contributed by atoms with Crippen molar-refractivity contribution in [1.82, 2.24) is 4.90 Å². The van der Waals surface area contributed by atoms with Crippen molar-refractivity contribution < 1.29 is 19.4 Å². The van der Waals surface area contributed by atoms with Crippen LogP contribution in [0.4, 0.5) is 0 Å². The SMILES string of the molecule is CC(C)(C)OC(=O)C1CCCCN1C(=O)[C@@H](O)[C@@H](N)Cc1ccccc1. The van der Waals surface area contributed by atoms with Gasteiger partial charge in [0.15, 0.2) is 0 Å². The van der Waals surface area contributed by atoms with Gasteiger partial charge in [-0.25, -0.2) is 4.79 Å². The van der Waals surface area contributed by atoms with Crippen LogP contribution in [0.25, 0.3) is 0 Å². The zero-order valence-electron chi connectivity index (χ0n) is 15.9. The Labute approximate surface area is 155 Å². The highest BCUT2D eigenvalue weighted by Crippen LogP contribution is 2.22. The number of aliphatic hydroxyl groups is 1. The Hall–Kier alpha value is -1.92. The highest BCUT2D eigenvalue weighted by molar-refractivity contribution is 5.87. The molecular weight excluding hydrogens is 332 g/mol. The fraction of sp³-hybridized carbons (Fsp3) is 0.600. The summed E-state index contributed by atoms with van der Waals surface area (Å²) in [5.41, 5.74) is 6.40. The first-order valence-electron chi connectivity index (χ1n) is 9.20. The van der Waals surface area contributed by atoms with Crippen molar-refractivity contribution in [3.63, 3.8) is 0 Å². The normalized spacial score (nSPS) is 20.3. The molecule has 3 atom stereocenters. The van der Waals surface area contributed by atoms with Crippen LogP contribution in [-0.4, -0.2) is 52.2 Å². The molecule has 6 nitrogen and oxygen atoms in total. The lowest BCUT2D eigenvalue weighted by atomic mass is 9.97. The number of benzene rings is 1. The Morgan fingerprint density at radius 3 is 2.54 bits per heavy atom. The predicted molar refractivity (Wildman–Crippen MR) is 99.3 cm³/mol. The van der Waals surface area contributed by atoms with Crippen LogP contribution in [-0.2, 0) is 20.7 Å². The minimum Gasteiger partial charge on any atom is -0.458 e. The number of nitrogens with zero attached hydrogens (tertiary/aromatic N) is 1. The molecule has 1 aromatic rings. The van der Waals surface area contributed by atoms with E-state index >= 15 is 0 Å². The van der Waals surface area contributed by atoms with Gasteiger partial charge in [0.05, 0.1) is 0 Å². The summed E-state index contributed by atoms with van der Waals surface area (Å²) in [6.45, 7) is 5.82. The maximum absolute atomic E-state index is 12.8. The second-order valence-electron chi connectivity index (χ2n) is 7.88. The highest BCUT2D eigenvalue weighted by atomic mass is 16.6. The van der Waals surface area contributed by atoms with Crippen molar-refractivity contribution in [3.8, 4) is 0 Å². The molecule has 26 heavy (non-hydrogen) atoms. The zero-order chi connectivity index (χ0) is 19.3. The van der Waals surface area contributed by atoms with Crippen LogP contribution in [0.2, 0.25) is 0 Å². The van der Waals surface area contributed by atoms with E-state index in [0.717, 1.165) is 18.4 Å². The van der Waals surface area contributed by atoms with Gasteiger partial charge in [-0.15, -0.1) is 0 Å². The van der Waals surface area contributed by atoms with Crippen molar-refractivity contribution in [1.29, 1.82) is 0 Å². The summed E-state index contributed by atoms with van der Waals surface area (Å²) in [4.78, 5) is 26.7. The predicted octanol–water partition coefficient (Wildman–Crippen LogP) is 1.64. The van der Waals surface area contributed by atoms with Crippen LogP contribution in [0, 0.1) is 0 Å². The van der Waals surface area contributed by atoms with Gasteiger partial charge in [-0.3, -0.25) is 4.79 Å². The molecule has 1 heterocycles. The number of esters is 1. The van der Waals surface area contributed by atoms with Crippen LogP contribution < -0.4 is 5.73 Å². The largest absolute Gasteiger partial charge is 0.458 e. The Morgan fingerprint density at radius 2 is 1.92 bits per heavy atom. The van der Waals surface area contributed by atoms with Gasteiger partial charge in [-0.2, -0.15) is 0 Å². The highest BCUT2D eigenvalue weighted by Gasteiger charge is 2.38. The molecule has 0 aliphatic carbocycles. The van der Waals surface area contributed by atoms with Crippen LogP contribution in [0.3, 0.4) is 0 Å². The molecule has 144 valence electrons. The Bertz CT molecular complexity index is 612. The maximum Gasteiger partial charge on any atom is 0.329 e. The van der Waals surface area contributed by atoms with Gasteiger partial charge in [-0.05, 0) is 52.0 Å². The second kappa shape index (κ2) is 8.64. The molecule has 0 bridgehead atoms. The van der Waals surface area contributed by atoms with Gasteiger partial charge in [0.2, 0.25) is 0 Å². The summed E-state index contributed by atoms with van der Waals surface area (Å²) in [6.07, 6.45) is 1.23. The van der Waals surface area contributed by atoms with E-state index in [1.165, 1.54) is 4.90 Å². The van der Waals surface area contributed by atoms with Crippen LogP contribution in [0.1, 0.15) is 45.6 Å². The summed E-state index contributed by atoms with van der Waals surface area (Å²) >= 11 is 0. The van der Waals surface area contributed by atoms with Gasteiger partial charge in [-0.1, -0.05) is 30.3 Å². The standard InChI is InChI=1S/C20H30N2O4/c1-20(2,3)26-19(25)16-11-7-8-12-22(16)18(24)17(23)15(21)13-14-9-5-4-6-10-14/h4-6,9-10,15-17,23H,7-8,11-13,21H2,1-3H3/t15-,16?,17-/m0/s1. The molecule has 0 saturated carbocycles. The molecule has 1 unspecified atom stereocenters. The molecule has 0 spiro atoms. The third kappa shape index (κ3) is 5.54. The number of nitrogens with two attached hydrogens (primary N) is 1. The van der Waals surface area contributed by atoms with Crippen LogP contribution in [0.5, 0.6) is 0 Å². The van der Waals surface area contributed by atoms with Crippen molar-refractivity contribution in [2.45, 2.75) is 70.2 Å². The number of rotatable bonds is 5. The molecular formula is C20H30N2O4. The van der Waals surface area contributed by atoms with Crippen LogP contribution >= 0.6 is 0 Å². The molecule has 6 heteroatoms. The lowest BCUT2D eigenvalue weighted by molar-refractivity contribution is -0.168. The van der Waals surface area contributed by atoms with E-state index in [2.05, 4.69) is 0 Å². The third-order valence-electron chi connectivity index (χ3n) is 4.44. The summed E-state index contributed by atoms with van der Waals surface area (Å²) in [6, 6.07) is 8.09. The zero-order valence-corrected chi connectivity index (χ0v) is 15.9. The van der Waals surface area contributed by atoms with Gasteiger partial charge in [0, 0.05) is 12.6 Å². The fourth-order valence-electron chi connectivity index (χ4n) is 3.16. The van der Waals surface area contributed by atoms with Crippen LogP contribution in [0.15, 0.2) is 30.3 Å². The molecule has 1 aliphatic heterocycles. The summed E-state index contributed by atoms with van der Waals surface area (Å²) in [5.74, 6) is -0.918. The van der Waals surface area contributed by atoms with E-state index in [1.54, 1.807) is 20.8 Å².